The minimum atomic E-state index is -0.397. The lowest BCUT2D eigenvalue weighted by atomic mass is 10.1. The van der Waals surface area contributed by atoms with Crippen LogP contribution >= 0.6 is 0 Å². The molecule has 1 aromatic carbocycles. The van der Waals surface area contributed by atoms with E-state index in [2.05, 4.69) is 0 Å². The van der Waals surface area contributed by atoms with Crippen LogP contribution in [-0.2, 0) is 7.05 Å². The van der Waals surface area contributed by atoms with E-state index in [9.17, 15) is 9.18 Å². The van der Waals surface area contributed by atoms with Gasteiger partial charge in [0, 0.05) is 12.4 Å². The van der Waals surface area contributed by atoms with Crippen molar-refractivity contribution in [2.45, 2.75) is 6.92 Å². The summed E-state index contributed by atoms with van der Waals surface area (Å²) in [6.07, 6.45) is 0. The van der Waals surface area contributed by atoms with Crippen LogP contribution in [0, 0.1) is 24.1 Å². The van der Waals surface area contributed by atoms with Crippen molar-refractivity contribution in [1.82, 2.24) is 4.57 Å². The maximum Gasteiger partial charge on any atom is 0.268 e. The topological polar surface area (TPSA) is 45.8 Å². The average molecular weight is 216 g/mol. The monoisotopic (exact) mass is 216 g/mol. The Kier molecular flexibility index (Phi) is 2.24. The van der Waals surface area contributed by atoms with E-state index >= 15 is 0 Å². The summed E-state index contributed by atoms with van der Waals surface area (Å²) >= 11 is 0. The molecule has 1 heterocycles. The van der Waals surface area contributed by atoms with Crippen LogP contribution in [0.25, 0.3) is 10.9 Å². The predicted molar refractivity (Wildman–Crippen MR) is 58.6 cm³/mol. The number of nitrogens with zero attached hydrogens (tertiary/aromatic N) is 2. The fourth-order valence-corrected chi connectivity index (χ4v) is 1.80. The molecule has 0 N–H and O–H groups in total. The number of rotatable bonds is 0. The van der Waals surface area contributed by atoms with Gasteiger partial charge in [0.05, 0.1) is 5.52 Å². The molecule has 4 heteroatoms. The van der Waals surface area contributed by atoms with Crippen LogP contribution in [-0.4, -0.2) is 4.57 Å². The Morgan fingerprint density at radius 1 is 1.44 bits per heavy atom. The minimum absolute atomic E-state index is 0.113. The Labute approximate surface area is 91.4 Å². The van der Waals surface area contributed by atoms with Gasteiger partial charge in [-0.1, -0.05) is 0 Å². The van der Waals surface area contributed by atoms with Gasteiger partial charge in [0.25, 0.3) is 5.56 Å². The summed E-state index contributed by atoms with van der Waals surface area (Å²) in [6, 6.07) is 6.08. The zero-order chi connectivity index (χ0) is 11.9. The summed E-state index contributed by atoms with van der Waals surface area (Å²) in [7, 11) is 1.53. The first-order chi connectivity index (χ1) is 7.56. The van der Waals surface area contributed by atoms with Crippen molar-refractivity contribution in [3.63, 3.8) is 0 Å². The summed E-state index contributed by atoms with van der Waals surface area (Å²) in [4.78, 5) is 11.8. The first-order valence-corrected chi connectivity index (χ1v) is 4.75. The number of aromatic nitrogens is 1. The number of halogens is 1. The van der Waals surface area contributed by atoms with Crippen LogP contribution in [0.3, 0.4) is 0 Å². The molecule has 0 spiro atoms. The Hall–Kier alpha value is -2.15. The first-order valence-electron chi connectivity index (χ1n) is 4.75. The lowest BCUT2D eigenvalue weighted by molar-refractivity contribution is 0.628. The van der Waals surface area contributed by atoms with Gasteiger partial charge in [0.2, 0.25) is 0 Å². The van der Waals surface area contributed by atoms with Gasteiger partial charge in [-0.3, -0.25) is 4.79 Å². The lowest BCUT2D eigenvalue weighted by Crippen LogP contribution is -2.21. The zero-order valence-corrected chi connectivity index (χ0v) is 8.91. The molecular formula is C12H9FN2O. The average Bonchev–Trinajstić information content (AvgIpc) is 2.27. The number of hydrogen-bond donors (Lipinski definition) is 0. The normalized spacial score (nSPS) is 10.4. The van der Waals surface area contributed by atoms with Gasteiger partial charge in [0.1, 0.15) is 17.4 Å². The Morgan fingerprint density at radius 2 is 2.12 bits per heavy atom. The minimum Gasteiger partial charge on any atom is -0.310 e. The maximum absolute atomic E-state index is 13.1. The Bertz CT molecular complexity index is 680. The Balaban J connectivity index is 3.09. The molecule has 0 unspecified atom stereocenters. The summed E-state index contributed by atoms with van der Waals surface area (Å²) in [6.45, 7) is 1.69. The third-order valence-corrected chi connectivity index (χ3v) is 2.73. The van der Waals surface area contributed by atoms with Gasteiger partial charge in [-0.15, -0.1) is 0 Å². The van der Waals surface area contributed by atoms with E-state index in [1.54, 1.807) is 13.0 Å². The van der Waals surface area contributed by atoms with Gasteiger partial charge in [0.15, 0.2) is 0 Å². The molecular weight excluding hydrogens is 207 g/mol. The molecule has 0 aliphatic rings. The van der Waals surface area contributed by atoms with E-state index in [1.807, 2.05) is 6.07 Å². The first kappa shape index (κ1) is 10.4. The van der Waals surface area contributed by atoms with Crippen molar-refractivity contribution < 1.29 is 4.39 Å². The second kappa shape index (κ2) is 3.46. The fraction of sp³-hybridized carbons (Fsp3) is 0.167. The number of hydrogen-bond acceptors (Lipinski definition) is 2. The van der Waals surface area contributed by atoms with E-state index in [4.69, 9.17) is 5.26 Å². The molecule has 0 atom stereocenters. The number of fused-ring (bicyclic) bond motifs is 1. The second-order valence-electron chi connectivity index (χ2n) is 3.64. The van der Waals surface area contributed by atoms with E-state index in [-0.39, 0.29) is 5.56 Å². The highest BCUT2D eigenvalue weighted by Gasteiger charge is 2.11. The number of nitriles is 1. The molecule has 0 aliphatic heterocycles. The third kappa shape index (κ3) is 1.29. The molecule has 0 bridgehead atoms. The molecule has 80 valence electrons. The SMILES string of the molecule is Cc1c(C#N)c(=O)n(C)c2cc(F)ccc12. The molecule has 16 heavy (non-hydrogen) atoms. The summed E-state index contributed by atoms with van der Waals surface area (Å²) in [5.74, 6) is -0.397. The van der Waals surface area contributed by atoms with Crippen LogP contribution in [0.15, 0.2) is 23.0 Å². The van der Waals surface area contributed by atoms with Crippen LogP contribution in [0.5, 0.6) is 0 Å². The third-order valence-electron chi connectivity index (χ3n) is 2.73. The maximum atomic E-state index is 13.1. The molecule has 0 saturated carbocycles. The lowest BCUT2D eigenvalue weighted by Gasteiger charge is -2.08. The highest BCUT2D eigenvalue weighted by Crippen LogP contribution is 2.19. The molecule has 2 aromatic rings. The van der Waals surface area contributed by atoms with Gasteiger partial charge in [-0.05, 0) is 30.7 Å². The fourth-order valence-electron chi connectivity index (χ4n) is 1.80. The molecule has 0 aliphatic carbocycles. The second-order valence-corrected chi connectivity index (χ2v) is 3.64. The van der Waals surface area contributed by atoms with E-state index in [0.29, 0.717) is 11.1 Å². The molecule has 2 rings (SSSR count). The van der Waals surface area contributed by atoms with Crippen molar-refractivity contribution in [1.29, 1.82) is 5.26 Å². The smallest absolute Gasteiger partial charge is 0.268 e. The van der Waals surface area contributed by atoms with Crippen molar-refractivity contribution >= 4 is 10.9 Å². The Morgan fingerprint density at radius 3 is 2.75 bits per heavy atom. The zero-order valence-electron chi connectivity index (χ0n) is 8.91. The van der Waals surface area contributed by atoms with Crippen molar-refractivity contribution in [3.8, 4) is 6.07 Å². The van der Waals surface area contributed by atoms with Crippen LogP contribution in [0.4, 0.5) is 4.39 Å². The van der Waals surface area contributed by atoms with Crippen molar-refractivity contribution in [2.24, 2.45) is 7.05 Å². The highest BCUT2D eigenvalue weighted by atomic mass is 19.1. The van der Waals surface area contributed by atoms with Crippen LogP contribution in [0.2, 0.25) is 0 Å². The molecule has 0 amide bonds. The molecule has 0 saturated heterocycles. The number of pyridine rings is 1. The van der Waals surface area contributed by atoms with Crippen LogP contribution in [0.1, 0.15) is 11.1 Å². The summed E-state index contributed by atoms with van der Waals surface area (Å²) in [5, 5.41) is 9.62. The van der Waals surface area contributed by atoms with Gasteiger partial charge >= 0.3 is 0 Å². The molecule has 1 aromatic heterocycles. The van der Waals surface area contributed by atoms with E-state index in [0.717, 1.165) is 5.39 Å². The molecule has 0 fully saturated rings. The standard InChI is InChI=1S/C12H9FN2O/c1-7-9-4-3-8(13)5-11(9)15(2)12(16)10(7)6-14/h3-5H,1-2H3. The highest BCUT2D eigenvalue weighted by molar-refractivity contribution is 5.84. The van der Waals surface area contributed by atoms with Crippen molar-refractivity contribution in [2.75, 3.05) is 0 Å². The number of aryl methyl sites for hydroxylation is 2. The largest absolute Gasteiger partial charge is 0.310 e. The predicted octanol–water partition coefficient (Wildman–Crippen LogP) is 1.86. The molecule has 3 nitrogen and oxygen atoms in total. The van der Waals surface area contributed by atoms with Crippen LogP contribution < -0.4 is 5.56 Å². The van der Waals surface area contributed by atoms with E-state index < -0.39 is 11.4 Å². The van der Waals surface area contributed by atoms with Gasteiger partial charge in [-0.2, -0.15) is 5.26 Å². The quantitative estimate of drug-likeness (QED) is 0.674. The summed E-state index contributed by atoms with van der Waals surface area (Å²) < 4.78 is 14.4. The van der Waals surface area contributed by atoms with Crippen molar-refractivity contribution in [3.05, 3.63) is 45.5 Å². The van der Waals surface area contributed by atoms with Gasteiger partial charge in [-0.25, -0.2) is 4.39 Å². The van der Waals surface area contributed by atoms with E-state index in [1.165, 1.54) is 23.7 Å². The number of benzene rings is 1. The molecule has 0 radical (unpaired) electrons. The van der Waals surface area contributed by atoms with Gasteiger partial charge < -0.3 is 4.57 Å². The summed E-state index contributed by atoms with van der Waals surface area (Å²) in [5.41, 5.74) is 0.821.